The number of carbonyl (C=O) groups is 2. The molecule has 0 saturated carbocycles. The summed E-state index contributed by atoms with van der Waals surface area (Å²) >= 11 is 2.67. The predicted octanol–water partition coefficient (Wildman–Crippen LogP) is 3.13. The Morgan fingerprint density at radius 1 is 1.26 bits per heavy atom. The highest BCUT2D eigenvalue weighted by molar-refractivity contribution is 7.99. The van der Waals surface area contributed by atoms with Crippen LogP contribution < -0.4 is 10.1 Å². The number of thioether (sulfide) groups is 1. The van der Waals surface area contributed by atoms with Gasteiger partial charge < -0.3 is 14.8 Å². The molecule has 0 bridgehead atoms. The minimum atomic E-state index is -0.381. The van der Waals surface area contributed by atoms with Gasteiger partial charge in [0.2, 0.25) is 11.1 Å². The highest BCUT2D eigenvalue weighted by atomic mass is 32.2. The Balaban J connectivity index is 1.44. The number of esters is 1. The fraction of sp³-hybridized carbons (Fsp3) is 0.350. The van der Waals surface area contributed by atoms with Crippen molar-refractivity contribution >= 4 is 40.0 Å². The molecule has 0 aliphatic heterocycles. The van der Waals surface area contributed by atoms with Gasteiger partial charge in [0.25, 0.3) is 0 Å². The molecule has 3 aromatic rings. The van der Waals surface area contributed by atoms with Crippen LogP contribution in [0.5, 0.6) is 5.75 Å². The smallest absolute Gasteiger partial charge is 0.341 e. The molecule has 0 saturated heterocycles. The number of anilines is 1. The zero-order chi connectivity index (χ0) is 21.8. The van der Waals surface area contributed by atoms with E-state index in [4.69, 9.17) is 9.47 Å². The van der Waals surface area contributed by atoms with Crippen LogP contribution in [-0.4, -0.2) is 51.6 Å². The number of aromatic nitrogens is 4. The number of ether oxygens (including phenoxy) is 2. The van der Waals surface area contributed by atoms with Crippen molar-refractivity contribution in [1.29, 1.82) is 0 Å². The SMILES string of the molecule is CCOC(=O)c1c(NC(=O)CSc2nnnn2-c2ccc(OC)cc2)sc2c1CCC2. The van der Waals surface area contributed by atoms with E-state index in [1.54, 1.807) is 18.7 Å². The first-order chi connectivity index (χ1) is 15.1. The topological polar surface area (TPSA) is 108 Å². The molecular formula is C20H21N5O4S2. The first-order valence-corrected chi connectivity index (χ1v) is 11.6. The van der Waals surface area contributed by atoms with Crippen LogP contribution in [0.1, 0.15) is 34.1 Å². The second-order valence-corrected chi connectivity index (χ2v) is 8.74. The summed E-state index contributed by atoms with van der Waals surface area (Å²) in [4.78, 5) is 26.2. The maximum absolute atomic E-state index is 12.6. The van der Waals surface area contributed by atoms with Gasteiger partial charge in [-0.2, -0.15) is 4.68 Å². The van der Waals surface area contributed by atoms with Gasteiger partial charge in [-0.3, -0.25) is 4.79 Å². The van der Waals surface area contributed by atoms with E-state index < -0.39 is 0 Å². The van der Waals surface area contributed by atoms with Gasteiger partial charge in [0, 0.05) is 4.88 Å². The molecule has 1 aliphatic rings. The third-order valence-electron chi connectivity index (χ3n) is 4.74. The van der Waals surface area contributed by atoms with E-state index in [-0.39, 0.29) is 17.6 Å². The van der Waals surface area contributed by atoms with Gasteiger partial charge >= 0.3 is 5.97 Å². The van der Waals surface area contributed by atoms with Crippen molar-refractivity contribution in [3.8, 4) is 11.4 Å². The molecule has 1 aromatic carbocycles. The Labute approximate surface area is 187 Å². The average Bonchev–Trinajstić information content (AvgIpc) is 3.48. The summed E-state index contributed by atoms with van der Waals surface area (Å²) in [6.45, 7) is 2.06. The van der Waals surface area contributed by atoms with E-state index in [9.17, 15) is 9.59 Å². The van der Waals surface area contributed by atoms with Crippen molar-refractivity contribution in [2.45, 2.75) is 31.3 Å². The second kappa shape index (κ2) is 9.48. The van der Waals surface area contributed by atoms with Crippen LogP contribution in [0.4, 0.5) is 5.00 Å². The molecule has 2 aromatic heterocycles. The highest BCUT2D eigenvalue weighted by Crippen LogP contribution is 2.39. The molecule has 0 atom stereocenters. The molecule has 9 nitrogen and oxygen atoms in total. The van der Waals surface area contributed by atoms with E-state index >= 15 is 0 Å². The lowest BCUT2D eigenvalue weighted by atomic mass is 10.1. The summed E-state index contributed by atoms with van der Waals surface area (Å²) in [7, 11) is 1.60. The van der Waals surface area contributed by atoms with Crippen molar-refractivity contribution in [1.82, 2.24) is 20.2 Å². The van der Waals surface area contributed by atoms with Gasteiger partial charge in [0.1, 0.15) is 10.8 Å². The number of benzene rings is 1. The number of rotatable bonds is 8. The Hall–Kier alpha value is -2.92. The van der Waals surface area contributed by atoms with Crippen molar-refractivity contribution in [2.24, 2.45) is 0 Å². The minimum Gasteiger partial charge on any atom is -0.497 e. The number of amides is 1. The summed E-state index contributed by atoms with van der Waals surface area (Å²) in [5.74, 6) is 0.208. The van der Waals surface area contributed by atoms with Gasteiger partial charge in [-0.05, 0) is 66.4 Å². The number of methoxy groups -OCH3 is 1. The third kappa shape index (κ3) is 4.57. The summed E-state index contributed by atoms with van der Waals surface area (Å²) in [5, 5.41) is 15.6. The maximum atomic E-state index is 12.6. The molecule has 1 N–H and O–H groups in total. The third-order valence-corrected chi connectivity index (χ3v) is 6.87. The van der Waals surface area contributed by atoms with Gasteiger partial charge in [-0.1, -0.05) is 11.8 Å². The van der Waals surface area contributed by atoms with E-state index in [1.807, 2.05) is 24.3 Å². The lowest BCUT2D eigenvalue weighted by Crippen LogP contribution is -2.17. The zero-order valence-corrected chi connectivity index (χ0v) is 18.7. The van der Waals surface area contributed by atoms with Crippen LogP contribution in [0.3, 0.4) is 0 Å². The fourth-order valence-corrected chi connectivity index (χ4v) is 5.34. The van der Waals surface area contributed by atoms with Crippen LogP contribution >= 0.6 is 23.1 Å². The highest BCUT2D eigenvalue weighted by Gasteiger charge is 2.28. The van der Waals surface area contributed by atoms with Crippen LogP contribution in [-0.2, 0) is 22.4 Å². The van der Waals surface area contributed by atoms with Crippen molar-refractivity contribution in [3.63, 3.8) is 0 Å². The minimum absolute atomic E-state index is 0.0986. The predicted molar refractivity (Wildman–Crippen MR) is 117 cm³/mol. The number of tetrazole rings is 1. The Morgan fingerprint density at radius 2 is 2.06 bits per heavy atom. The zero-order valence-electron chi connectivity index (χ0n) is 17.1. The number of thiophene rings is 1. The number of nitrogens with zero attached hydrogens (tertiary/aromatic N) is 4. The lowest BCUT2D eigenvalue weighted by Gasteiger charge is -2.08. The summed E-state index contributed by atoms with van der Waals surface area (Å²) in [6.07, 6.45) is 2.78. The number of hydrogen-bond donors (Lipinski definition) is 1. The maximum Gasteiger partial charge on any atom is 0.341 e. The number of aryl methyl sites for hydroxylation is 1. The summed E-state index contributed by atoms with van der Waals surface area (Å²) in [5.41, 5.74) is 2.27. The molecular weight excluding hydrogens is 438 g/mol. The van der Waals surface area contributed by atoms with Gasteiger partial charge in [-0.25, -0.2) is 4.79 Å². The lowest BCUT2D eigenvalue weighted by molar-refractivity contribution is -0.113. The molecule has 31 heavy (non-hydrogen) atoms. The Morgan fingerprint density at radius 3 is 2.81 bits per heavy atom. The molecule has 0 radical (unpaired) electrons. The Bertz CT molecular complexity index is 1090. The van der Waals surface area contributed by atoms with Gasteiger partial charge in [0.05, 0.1) is 30.7 Å². The molecule has 162 valence electrons. The Kier molecular flexibility index (Phi) is 6.52. The van der Waals surface area contributed by atoms with Crippen molar-refractivity contribution in [3.05, 3.63) is 40.3 Å². The average molecular weight is 460 g/mol. The van der Waals surface area contributed by atoms with Crippen LogP contribution in [0.15, 0.2) is 29.4 Å². The molecule has 0 fully saturated rings. The normalized spacial score (nSPS) is 12.5. The molecule has 1 aliphatic carbocycles. The molecule has 0 spiro atoms. The molecule has 4 rings (SSSR count). The van der Waals surface area contributed by atoms with Crippen molar-refractivity contribution < 1.29 is 19.1 Å². The van der Waals surface area contributed by atoms with Gasteiger partial charge in [0.15, 0.2) is 0 Å². The number of fused-ring (bicyclic) bond motifs is 1. The van der Waals surface area contributed by atoms with Crippen LogP contribution in [0, 0.1) is 0 Å². The molecule has 1 amide bonds. The number of carbonyl (C=O) groups excluding carboxylic acids is 2. The first kappa shape index (κ1) is 21.3. The number of hydrogen-bond acceptors (Lipinski definition) is 9. The van der Waals surface area contributed by atoms with E-state index in [0.29, 0.717) is 22.3 Å². The van der Waals surface area contributed by atoms with E-state index in [2.05, 4.69) is 20.8 Å². The molecule has 0 unspecified atom stereocenters. The summed E-state index contributed by atoms with van der Waals surface area (Å²) in [6, 6.07) is 7.28. The van der Waals surface area contributed by atoms with E-state index in [1.165, 1.54) is 23.1 Å². The molecule has 2 heterocycles. The standard InChI is InChI=1S/C20H21N5O4S2/c1-3-29-19(27)17-14-5-4-6-15(14)31-18(17)21-16(26)11-30-20-22-23-24-25(20)12-7-9-13(28-2)10-8-12/h7-10H,3-6,11H2,1-2H3,(H,21,26). The van der Waals surface area contributed by atoms with Gasteiger partial charge in [-0.15, -0.1) is 16.4 Å². The largest absolute Gasteiger partial charge is 0.497 e. The quantitative estimate of drug-likeness (QED) is 0.404. The van der Waals surface area contributed by atoms with Crippen LogP contribution in [0.25, 0.3) is 5.69 Å². The fourth-order valence-electron chi connectivity index (χ4n) is 3.36. The second-order valence-electron chi connectivity index (χ2n) is 6.69. The molecule has 11 heteroatoms. The number of nitrogens with one attached hydrogen (secondary N) is 1. The first-order valence-electron chi connectivity index (χ1n) is 9.77. The summed E-state index contributed by atoms with van der Waals surface area (Å²) < 4.78 is 11.9. The van der Waals surface area contributed by atoms with Crippen molar-refractivity contribution in [2.75, 3.05) is 24.8 Å². The monoisotopic (exact) mass is 459 g/mol. The van der Waals surface area contributed by atoms with Crippen LogP contribution in [0.2, 0.25) is 0 Å². The van der Waals surface area contributed by atoms with E-state index in [0.717, 1.165) is 41.1 Å².